The van der Waals surface area contributed by atoms with Gasteiger partial charge in [0.2, 0.25) is 0 Å². The third-order valence-corrected chi connectivity index (χ3v) is 2.05. The summed E-state index contributed by atoms with van der Waals surface area (Å²) in [6, 6.07) is 0.898. The van der Waals surface area contributed by atoms with Gasteiger partial charge in [0, 0.05) is 0 Å². The summed E-state index contributed by atoms with van der Waals surface area (Å²) >= 11 is 3.15. The normalized spacial score (nSPS) is 12.6. The fraction of sp³-hybridized carbons (Fsp3) is 0.375. The number of halogens is 1. The molecule has 2 N–H and O–H groups in total. The summed E-state index contributed by atoms with van der Waals surface area (Å²) in [6.45, 7) is 1.81. The molecule has 1 aromatic rings. The van der Waals surface area contributed by atoms with Crippen molar-refractivity contribution in [2.24, 2.45) is 5.73 Å². The second kappa shape index (κ2) is 3.93. The van der Waals surface area contributed by atoms with Crippen molar-refractivity contribution >= 4 is 21.9 Å². The molecule has 0 fully saturated rings. The molecule has 4 nitrogen and oxygen atoms in total. The van der Waals surface area contributed by atoms with Crippen molar-refractivity contribution in [3.8, 4) is 0 Å². The number of nitrogens with two attached hydrogens (primary N) is 1. The molecule has 1 rings (SSSR count). The zero-order valence-corrected chi connectivity index (χ0v) is 8.92. The van der Waals surface area contributed by atoms with E-state index in [-0.39, 0.29) is 0 Å². The predicted molar refractivity (Wildman–Crippen MR) is 50.1 cm³/mol. The van der Waals surface area contributed by atoms with Gasteiger partial charge >= 0.3 is 5.97 Å². The molecule has 1 heterocycles. The van der Waals surface area contributed by atoms with Crippen LogP contribution in [0.1, 0.15) is 17.4 Å². The lowest BCUT2D eigenvalue weighted by molar-refractivity contribution is -0.142. The lowest BCUT2D eigenvalue weighted by atomic mass is 10.2. The Morgan fingerprint density at radius 3 is 2.77 bits per heavy atom. The van der Waals surface area contributed by atoms with Crippen molar-refractivity contribution in [2.75, 3.05) is 7.11 Å². The van der Waals surface area contributed by atoms with E-state index in [2.05, 4.69) is 20.7 Å². The first-order chi connectivity index (χ1) is 6.06. The molecule has 0 radical (unpaired) electrons. The Balaban J connectivity index is 2.94. The maximum atomic E-state index is 11.1. The first-order valence-electron chi connectivity index (χ1n) is 3.65. The summed E-state index contributed by atoms with van der Waals surface area (Å²) in [7, 11) is 1.29. The molecule has 5 heteroatoms. The maximum absolute atomic E-state index is 11.1. The molecule has 0 aromatic carbocycles. The number of carbonyl (C=O) groups excluding carboxylic acids is 1. The summed E-state index contributed by atoms with van der Waals surface area (Å²) in [6.07, 6.45) is 0. The summed E-state index contributed by atoms with van der Waals surface area (Å²) in [5.41, 5.74) is 6.40. The van der Waals surface area contributed by atoms with Gasteiger partial charge in [-0.1, -0.05) is 0 Å². The minimum Gasteiger partial charge on any atom is -0.468 e. The van der Waals surface area contributed by atoms with Crippen LogP contribution in [0.4, 0.5) is 0 Å². The van der Waals surface area contributed by atoms with Gasteiger partial charge in [-0.15, -0.1) is 0 Å². The number of esters is 1. The van der Waals surface area contributed by atoms with Crippen LogP contribution in [0.3, 0.4) is 0 Å². The van der Waals surface area contributed by atoms with Gasteiger partial charge in [-0.3, -0.25) is 0 Å². The summed E-state index contributed by atoms with van der Waals surface area (Å²) in [4.78, 5) is 11.1. The highest BCUT2D eigenvalue weighted by molar-refractivity contribution is 9.10. The van der Waals surface area contributed by atoms with E-state index in [0.29, 0.717) is 10.4 Å². The van der Waals surface area contributed by atoms with E-state index in [1.807, 2.05) is 6.92 Å². The highest BCUT2D eigenvalue weighted by atomic mass is 79.9. The van der Waals surface area contributed by atoms with Crippen LogP contribution >= 0.6 is 15.9 Å². The number of aryl methyl sites for hydroxylation is 1. The molecule has 0 aliphatic heterocycles. The van der Waals surface area contributed by atoms with E-state index in [4.69, 9.17) is 10.2 Å². The van der Waals surface area contributed by atoms with Gasteiger partial charge in [-0.2, -0.15) is 0 Å². The number of rotatable bonds is 2. The minimum absolute atomic E-state index is 0.429. The number of methoxy groups -OCH3 is 1. The Bertz CT molecular complexity index is 321. The van der Waals surface area contributed by atoms with E-state index in [9.17, 15) is 4.79 Å². The lowest BCUT2D eigenvalue weighted by Crippen LogP contribution is -2.22. The molecule has 0 saturated carbocycles. The monoisotopic (exact) mass is 247 g/mol. The van der Waals surface area contributed by atoms with Crippen LogP contribution in [0.2, 0.25) is 0 Å². The molecular weight excluding hydrogens is 238 g/mol. The highest BCUT2D eigenvalue weighted by Gasteiger charge is 2.22. The molecule has 13 heavy (non-hydrogen) atoms. The number of ether oxygens (including phenoxy) is 1. The van der Waals surface area contributed by atoms with E-state index in [0.717, 1.165) is 5.56 Å². The van der Waals surface area contributed by atoms with Gasteiger partial charge in [0.1, 0.15) is 5.76 Å². The van der Waals surface area contributed by atoms with Gasteiger partial charge in [0.15, 0.2) is 10.7 Å². The lowest BCUT2D eigenvalue weighted by Gasteiger charge is -2.06. The minimum atomic E-state index is -0.851. The van der Waals surface area contributed by atoms with Crippen LogP contribution in [0.15, 0.2) is 15.2 Å². The topological polar surface area (TPSA) is 65.5 Å². The summed E-state index contributed by atoms with van der Waals surface area (Å²) in [5, 5.41) is 0. The smallest absolute Gasteiger partial charge is 0.330 e. The number of hydrogen-bond donors (Lipinski definition) is 1. The summed E-state index contributed by atoms with van der Waals surface area (Å²) < 4.78 is 10.2. The van der Waals surface area contributed by atoms with E-state index in [1.165, 1.54) is 7.11 Å². The second-order valence-corrected chi connectivity index (χ2v) is 3.38. The standard InChI is InChI=1S/C8H10BrNO3/c1-4-3-5(9)13-7(4)6(10)8(11)12-2/h3,6H,10H2,1-2H3. The van der Waals surface area contributed by atoms with Crippen molar-refractivity contribution in [3.63, 3.8) is 0 Å². The van der Waals surface area contributed by atoms with Crippen LogP contribution in [-0.2, 0) is 9.53 Å². The SMILES string of the molecule is COC(=O)C(N)c1oc(Br)cc1C. The maximum Gasteiger partial charge on any atom is 0.330 e. The van der Waals surface area contributed by atoms with Crippen molar-refractivity contribution in [3.05, 3.63) is 22.1 Å². The first-order valence-corrected chi connectivity index (χ1v) is 4.44. The second-order valence-electron chi connectivity index (χ2n) is 2.60. The Morgan fingerprint density at radius 1 is 1.77 bits per heavy atom. The zero-order valence-electron chi connectivity index (χ0n) is 7.33. The predicted octanol–water partition coefficient (Wildman–Crippen LogP) is 1.52. The molecule has 72 valence electrons. The van der Waals surface area contributed by atoms with E-state index < -0.39 is 12.0 Å². The number of carbonyl (C=O) groups is 1. The van der Waals surface area contributed by atoms with Crippen LogP contribution < -0.4 is 5.73 Å². The Kier molecular flexibility index (Phi) is 3.11. The Morgan fingerprint density at radius 2 is 2.38 bits per heavy atom. The molecule has 0 bridgehead atoms. The van der Waals surface area contributed by atoms with E-state index in [1.54, 1.807) is 6.07 Å². The average Bonchev–Trinajstić information content (AvgIpc) is 2.42. The van der Waals surface area contributed by atoms with Gasteiger partial charge in [-0.05, 0) is 34.5 Å². The molecule has 0 aliphatic carbocycles. The van der Waals surface area contributed by atoms with Crippen LogP contribution in [0, 0.1) is 6.92 Å². The van der Waals surface area contributed by atoms with Crippen LogP contribution in [0.25, 0.3) is 0 Å². The fourth-order valence-corrected chi connectivity index (χ4v) is 1.52. The molecule has 0 aliphatic rings. The molecule has 1 unspecified atom stereocenters. The molecular formula is C8H10BrNO3. The quantitative estimate of drug-likeness (QED) is 0.806. The van der Waals surface area contributed by atoms with Gasteiger partial charge < -0.3 is 14.9 Å². The van der Waals surface area contributed by atoms with Crippen molar-refractivity contribution in [1.29, 1.82) is 0 Å². The Hall–Kier alpha value is -0.810. The number of furan rings is 1. The first kappa shape index (κ1) is 10.3. The number of hydrogen-bond acceptors (Lipinski definition) is 4. The van der Waals surface area contributed by atoms with Crippen LogP contribution in [-0.4, -0.2) is 13.1 Å². The van der Waals surface area contributed by atoms with Crippen molar-refractivity contribution in [2.45, 2.75) is 13.0 Å². The van der Waals surface area contributed by atoms with Gasteiger partial charge in [0.05, 0.1) is 7.11 Å². The molecule has 0 spiro atoms. The summed E-state index contributed by atoms with van der Waals surface area (Å²) in [5.74, 6) is -0.0799. The average molecular weight is 248 g/mol. The third-order valence-electron chi connectivity index (χ3n) is 1.66. The highest BCUT2D eigenvalue weighted by Crippen LogP contribution is 2.24. The largest absolute Gasteiger partial charge is 0.468 e. The molecule has 1 aromatic heterocycles. The fourth-order valence-electron chi connectivity index (χ4n) is 0.999. The van der Waals surface area contributed by atoms with E-state index >= 15 is 0 Å². The van der Waals surface area contributed by atoms with Gasteiger partial charge in [0.25, 0.3) is 0 Å². The van der Waals surface area contributed by atoms with Crippen molar-refractivity contribution < 1.29 is 13.9 Å². The molecule has 1 atom stereocenters. The van der Waals surface area contributed by atoms with Crippen molar-refractivity contribution in [1.82, 2.24) is 0 Å². The Labute approximate surface area is 84.2 Å². The molecule has 0 amide bonds. The molecule has 0 saturated heterocycles. The van der Waals surface area contributed by atoms with Gasteiger partial charge in [-0.25, -0.2) is 4.79 Å². The zero-order chi connectivity index (χ0) is 10.0. The third kappa shape index (κ3) is 2.10. The van der Waals surface area contributed by atoms with Crippen LogP contribution in [0.5, 0.6) is 0 Å².